The lowest BCUT2D eigenvalue weighted by Crippen LogP contribution is -2.54. The Morgan fingerprint density at radius 2 is 1.55 bits per heavy atom. The van der Waals surface area contributed by atoms with E-state index in [-0.39, 0.29) is 22.8 Å². The normalized spacial score (nSPS) is 24.7. The second-order valence-electron chi connectivity index (χ2n) is 11.0. The van der Waals surface area contributed by atoms with Crippen molar-refractivity contribution in [1.29, 1.82) is 0 Å². The van der Waals surface area contributed by atoms with E-state index in [1.165, 1.54) is 32.9 Å². The summed E-state index contributed by atoms with van der Waals surface area (Å²) >= 11 is 6.01. The van der Waals surface area contributed by atoms with E-state index in [4.69, 9.17) is 11.6 Å². The number of aliphatic hydroxyl groups is 1. The molecule has 0 radical (unpaired) electrons. The van der Waals surface area contributed by atoms with Crippen molar-refractivity contribution in [3.63, 3.8) is 0 Å². The van der Waals surface area contributed by atoms with Crippen molar-refractivity contribution in [3.05, 3.63) is 64.7 Å². The molecule has 0 spiro atoms. The first-order valence-electron chi connectivity index (χ1n) is 13.5. The monoisotopic (exact) mass is 617 g/mol. The second kappa shape index (κ2) is 11.5. The molecule has 2 aromatic carbocycles. The number of hydrogen-bond acceptors (Lipinski definition) is 6. The highest BCUT2D eigenvalue weighted by Crippen LogP contribution is 2.57. The van der Waals surface area contributed by atoms with Crippen molar-refractivity contribution < 1.29 is 30.7 Å². The lowest BCUT2D eigenvalue weighted by Gasteiger charge is -2.45. The Morgan fingerprint density at radius 1 is 0.925 bits per heavy atom. The summed E-state index contributed by atoms with van der Waals surface area (Å²) in [5.74, 6) is -1.79. The molecular weight excluding hydrogens is 584 g/mol. The quantitative estimate of drug-likeness (QED) is 0.462. The van der Waals surface area contributed by atoms with Crippen molar-refractivity contribution in [2.75, 3.05) is 45.1 Å². The van der Waals surface area contributed by atoms with Crippen LogP contribution in [0.4, 0.5) is 8.78 Å². The zero-order valence-corrected chi connectivity index (χ0v) is 24.4. The van der Waals surface area contributed by atoms with Gasteiger partial charge in [0.25, 0.3) is 0 Å². The molecule has 3 aliphatic rings. The fourth-order valence-electron chi connectivity index (χ4n) is 6.26. The molecule has 220 valence electrons. The molecule has 2 atom stereocenters. The van der Waals surface area contributed by atoms with Crippen LogP contribution < -0.4 is 0 Å². The summed E-state index contributed by atoms with van der Waals surface area (Å²) in [6, 6.07) is 7.28. The first-order chi connectivity index (χ1) is 18.9. The summed E-state index contributed by atoms with van der Waals surface area (Å²) < 4.78 is 87.1. The largest absolute Gasteiger partial charge is 0.395 e. The van der Waals surface area contributed by atoms with Gasteiger partial charge in [0, 0.05) is 55.3 Å². The van der Waals surface area contributed by atoms with Crippen molar-refractivity contribution in [2.45, 2.75) is 49.1 Å². The highest BCUT2D eigenvalue weighted by Gasteiger charge is 2.58. The molecule has 2 aromatic rings. The average Bonchev–Trinajstić information content (AvgIpc) is 3.68. The fourth-order valence-corrected chi connectivity index (χ4v) is 10.4. The van der Waals surface area contributed by atoms with Crippen molar-refractivity contribution in [2.24, 2.45) is 5.41 Å². The topological polar surface area (TPSA) is 98.2 Å². The molecular formula is C27H34ClF2N3O5S2. The number of aliphatic hydroxyl groups excluding tert-OH is 1. The van der Waals surface area contributed by atoms with Gasteiger partial charge < -0.3 is 5.11 Å². The van der Waals surface area contributed by atoms with Crippen LogP contribution in [0.5, 0.6) is 0 Å². The SMILES string of the molecule is O=S(=O)(CC1(C2CCCC(c3cc(F)cc(F)c3)N2S(=O)(=O)c2ccc(Cl)cc2)CC1)N1CCN(CCO)CC1. The predicted molar refractivity (Wildman–Crippen MR) is 148 cm³/mol. The molecule has 0 bridgehead atoms. The van der Waals surface area contributed by atoms with Gasteiger partial charge in [-0.05, 0) is 74.1 Å². The molecule has 40 heavy (non-hydrogen) atoms. The zero-order valence-electron chi connectivity index (χ0n) is 22.1. The van der Waals surface area contributed by atoms with Gasteiger partial charge in [0.05, 0.1) is 23.3 Å². The summed E-state index contributed by atoms with van der Waals surface area (Å²) in [5, 5.41) is 9.56. The van der Waals surface area contributed by atoms with Crippen molar-refractivity contribution >= 4 is 31.6 Å². The highest BCUT2D eigenvalue weighted by molar-refractivity contribution is 7.89. The van der Waals surface area contributed by atoms with Crippen LogP contribution in [-0.4, -0.2) is 86.6 Å². The minimum atomic E-state index is -4.20. The lowest BCUT2D eigenvalue weighted by atomic mass is 9.86. The number of hydrogen-bond donors (Lipinski definition) is 1. The third-order valence-electron chi connectivity index (χ3n) is 8.44. The van der Waals surface area contributed by atoms with Crippen LogP contribution in [0.25, 0.3) is 0 Å². The van der Waals surface area contributed by atoms with Crippen molar-refractivity contribution in [1.82, 2.24) is 13.5 Å². The van der Waals surface area contributed by atoms with E-state index in [0.717, 1.165) is 18.2 Å². The second-order valence-corrected chi connectivity index (χ2v) is 15.3. The van der Waals surface area contributed by atoms with Gasteiger partial charge in [-0.3, -0.25) is 4.90 Å². The number of piperazine rings is 1. The van der Waals surface area contributed by atoms with Crippen LogP contribution in [0.2, 0.25) is 5.02 Å². The van der Waals surface area contributed by atoms with E-state index >= 15 is 0 Å². The number of piperidine rings is 1. The van der Waals surface area contributed by atoms with E-state index < -0.39 is 49.2 Å². The Morgan fingerprint density at radius 3 is 2.12 bits per heavy atom. The van der Waals surface area contributed by atoms with Gasteiger partial charge >= 0.3 is 0 Å². The number of β-amino-alcohol motifs (C(OH)–C–C–N with tert-alkyl or cyclic N) is 1. The van der Waals surface area contributed by atoms with Crippen LogP contribution in [0.3, 0.4) is 0 Å². The fraction of sp³-hybridized carbons (Fsp3) is 0.556. The predicted octanol–water partition coefficient (Wildman–Crippen LogP) is 3.62. The molecule has 3 fully saturated rings. The van der Waals surface area contributed by atoms with E-state index in [1.807, 2.05) is 4.90 Å². The van der Waals surface area contributed by atoms with Crippen LogP contribution >= 0.6 is 11.6 Å². The molecule has 5 rings (SSSR count). The van der Waals surface area contributed by atoms with Crippen molar-refractivity contribution in [3.8, 4) is 0 Å². The van der Waals surface area contributed by atoms with Gasteiger partial charge in [0.15, 0.2) is 0 Å². The van der Waals surface area contributed by atoms with E-state index in [2.05, 4.69) is 0 Å². The number of halogens is 3. The lowest BCUT2D eigenvalue weighted by molar-refractivity contribution is 0.124. The third-order valence-corrected chi connectivity index (χ3v) is 12.7. The summed E-state index contributed by atoms with van der Waals surface area (Å²) in [4.78, 5) is 1.99. The van der Waals surface area contributed by atoms with Gasteiger partial charge in [-0.1, -0.05) is 11.6 Å². The summed E-state index contributed by atoms with van der Waals surface area (Å²) in [6.45, 7) is 2.13. The zero-order chi connectivity index (χ0) is 28.7. The van der Waals surface area contributed by atoms with E-state index in [1.54, 1.807) is 0 Å². The molecule has 1 aliphatic carbocycles. The van der Waals surface area contributed by atoms with Gasteiger partial charge in [-0.2, -0.15) is 8.61 Å². The summed E-state index contributed by atoms with van der Waals surface area (Å²) in [6.07, 6.45) is 2.46. The maximum atomic E-state index is 14.3. The Bertz CT molecular complexity index is 1410. The molecule has 1 N–H and O–H groups in total. The smallest absolute Gasteiger partial charge is 0.243 e. The minimum Gasteiger partial charge on any atom is -0.395 e. The number of benzene rings is 2. The number of sulfonamides is 2. The molecule has 1 saturated carbocycles. The molecule has 0 amide bonds. The Hall–Kier alpha value is -1.67. The van der Waals surface area contributed by atoms with E-state index in [0.29, 0.717) is 69.9 Å². The van der Waals surface area contributed by atoms with Gasteiger partial charge in [-0.25, -0.2) is 25.6 Å². The Balaban J connectivity index is 1.50. The standard InChI is InChI=1S/C27H34ClF2N3O5S2/c28-21-4-6-24(7-5-21)40(37,38)33-25(20-16-22(29)18-23(30)17-20)2-1-3-26(33)27(8-9-27)19-39(35,36)32-12-10-31(11-13-32)14-15-34/h4-7,16-18,25-26,34H,1-3,8-15,19H2. The maximum Gasteiger partial charge on any atom is 0.243 e. The van der Waals surface area contributed by atoms with Gasteiger partial charge in [0.1, 0.15) is 11.6 Å². The third kappa shape index (κ3) is 6.08. The first-order valence-corrected chi connectivity index (χ1v) is 16.9. The molecule has 2 unspecified atom stereocenters. The minimum absolute atomic E-state index is 0.00580. The molecule has 8 nitrogen and oxygen atoms in total. The summed E-state index contributed by atoms with van der Waals surface area (Å²) in [5.41, 5.74) is -0.594. The molecule has 0 aromatic heterocycles. The summed E-state index contributed by atoms with van der Waals surface area (Å²) in [7, 11) is -7.91. The maximum absolute atomic E-state index is 14.3. The number of nitrogens with zero attached hydrogens (tertiary/aromatic N) is 3. The van der Waals surface area contributed by atoms with Crippen LogP contribution in [0, 0.1) is 17.0 Å². The average molecular weight is 618 g/mol. The Kier molecular flexibility index (Phi) is 8.60. The molecule has 2 saturated heterocycles. The van der Waals surface area contributed by atoms with E-state index in [9.17, 15) is 30.7 Å². The molecule has 2 aliphatic heterocycles. The number of rotatable bonds is 9. The van der Waals surface area contributed by atoms with Crippen LogP contribution in [0.15, 0.2) is 47.4 Å². The van der Waals surface area contributed by atoms with Gasteiger partial charge in [0.2, 0.25) is 20.0 Å². The van der Waals surface area contributed by atoms with Crippen LogP contribution in [-0.2, 0) is 20.0 Å². The molecule has 13 heteroatoms. The van der Waals surface area contributed by atoms with Crippen LogP contribution in [0.1, 0.15) is 43.7 Å². The highest BCUT2D eigenvalue weighted by atomic mass is 35.5. The first kappa shape index (κ1) is 29.8. The van der Waals surface area contributed by atoms with Gasteiger partial charge in [-0.15, -0.1) is 0 Å². The molecule has 2 heterocycles. The Labute approximate surface area is 239 Å².